The molecule has 0 saturated carbocycles. The minimum Gasteiger partial charge on any atom is -0.461 e. The minimum atomic E-state index is 0.515. The van der Waals surface area contributed by atoms with E-state index in [1.807, 2.05) is 12.1 Å². The van der Waals surface area contributed by atoms with E-state index >= 15 is 0 Å². The van der Waals surface area contributed by atoms with Gasteiger partial charge in [-0.3, -0.25) is 4.90 Å². The van der Waals surface area contributed by atoms with E-state index in [0.717, 1.165) is 39.1 Å². The summed E-state index contributed by atoms with van der Waals surface area (Å²) in [6.45, 7) is 6.00. The Morgan fingerprint density at radius 3 is 2.48 bits per heavy atom. The second kappa shape index (κ2) is 7.63. The van der Waals surface area contributed by atoms with Crippen LogP contribution in [0.4, 0.5) is 0 Å². The standard InChI is InChI=1S/C19H22N4O2/c1-2-5-16(6-3-1)8-9-22-10-12-23(13-11-22)15-18-20-19(21-25-18)17-7-4-14-24-17/h1-7,14H,8-13,15H2. The quantitative estimate of drug-likeness (QED) is 0.689. The van der Waals surface area contributed by atoms with Crippen molar-refractivity contribution in [1.82, 2.24) is 19.9 Å². The molecule has 6 heteroatoms. The Morgan fingerprint density at radius 2 is 1.72 bits per heavy atom. The molecule has 0 amide bonds. The highest BCUT2D eigenvalue weighted by Crippen LogP contribution is 2.17. The minimum absolute atomic E-state index is 0.515. The molecule has 25 heavy (non-hydrogen) atoms. The summed E-state index contributed by atoms with van der Waals surface area (Å²) in [5, 5.41) is 3.99. The lowest BCUT2D eigenvalue weighted by molar-refractivity contribution is 0.118. The van der Waals surface area contributed by atoms with Crippen LogP contribution in [0.25, 0.3) is 11.6 Å². The zero-order valence-electron chi connectivity index (χ0n) is 14.2. The molecule has 0 radical (unpaired) electrons. The maximum Gasteiger partial charge on any atom is 0.241 e. The van der Waals surface area contributed by atoms with Crippen molar-refractivity contribution < 1.29 is 8.94 Å². The zero-order chi connectivity index (χ0) is 16.9. The van der Waals surface area contributed by atoms with Crippen LogP contribution >= 0.6 is 0 Å². The second-order valence-electron chi connectivity index (χ2n) is 6.34. The molecule has 3 heterocycles. The van der Waals surface area contributed by atoms with Gasteiger partial charge in [0.05, 0.1) is 12.8 Å². The molecule has 0 N–H and O–H groups in total. The number of nitrogens with zero attached hydrogens (tertiary/aromatic N) is 4. The molecule has 3 aromatic rings. The molecule has 0 atom stereocenters. The van der Waals surface area contributed by atoms with Crippen molar-refractivity contribution in [3.05, 3.63) is 60.2 Å². The number of rotatable bonds is 6. The van der Waals surface area contributed by atoms with Crippen LogP contribution in [0.15, 0.2) is 57.7 Å². The molecule has 1 aliphatic heterocycles. The van der Waals surface area contributed by atoms with Crippen LogP contribution in [0.1, 0.15) is 11.5 Å². The fourth-order valence-electron chi connectivity index (χ4n) is 3.12. The molecule has 1 fully saturated rings. The Kier molecular flexibility index (Phi) is 4.90. The lowest BCUT2D eigenvalue weighted by atomic mass is 10.1. The van der Waals surface area contributed by atoms with Crippen molar-refractivity contribution >= 4 is 0 Å². The van der Waals surface area contributed by atoms with Crippen molar-refractivity contribution in [2.45, 2.75) is 13.0 Å². The van der Waals surface area contributed by atoms with Crippen LogP contribution in [-0.2, 0) is 13.0 Å². The predicted molar refractivity (Wildman–Crippen MR) is 93.9 cm³/mol. The van der Waals surface area contributed by atoms with Gasteiger partial charge in [0, 0.05) is 32.7 Å². The molecule has 0 aliphatic carbocycles. The van der Waals surface area contributed by atoms with E-state index in [9.17, 15) is 0 Å². The molecular formula is C19H22N4O2. The van der Waals surface area contributed by atoms with Crippen molar-refractivity contribution in [3.8, 4) is 11.6 Å². The third kappa shape index (κ3) is 4.15. The number of benzene rings is 1. The van der Waals surface area contributed by atoms with E-state index in [1.165, 1.54) is 5.56 Å². The molecule has 130 valence electrons. The first kappa shape index (κ1) is 16.1. The Morgan fingerprint density at radius 1 is 0.920 bits per heavy atom. The van der Waals surface area contributed by atoms with Crippen molar-refractivity contribution in [1.29, 1.82) is 0 Å². The summed E-state index contributed by atoms with van der Waals surface area (Å²) < 4.78 is 10.6. The van der Waals surface area contributed by atoms with Crippen LogP contribution in [0, 0.1) is 0 Å². The average molecular weight is 338 g/mol. The first-order valence-electron chi connectivity index (χ1n) is 8.72. The summed E-state index contributed by atoms with van der Waals surface area (Å²) in [6.07, 6.45) is 2.72. The van der Waals surface area contributed by atoms with Crippen LogP contribution in [0.3, 0.4) is 0 Å². The Labute approximate surface area is 147 Å². The van der Waals surface area contributed by atoms with E-state index in [2.05, 4.69) is 50.3 Å². The number of hydrogen-bond donors (Lipinski definition) is 0. The Hall–Kier alpha value is -2.44. The van der Waals surface area contributed by atoms with Crippen molar-refractivity contribution in [2.24, 2.45) is 0 Å². The van der Waals surface area contributed by atoms with Gasteiger partial charge in [-0.1, -0.05) is 35.5 Å². The fraction of sp³-hybridized carbons (Fsp3) is 0.368. The third-order valence-electron chi connectivity index (χ3n) is 4.59. The Bertz CT molecular complexity index is 762. The molecule has 2 aromatic heterocycles. The van der Waals surface area contributed by atoms with Crippen molar-refractivity contribution in [2.75, 3.05) is 32.7 Å². The zero-order valence-corrected chi connectivity index (χ0v) is 14.2. The highest BCUT2D eigenvalue weighted by Gasteiger charge is 2.19. The average Bonchev–Trinajstić information content (AvgIpc) is 3.34. The molecule has 0 spiro atoms. The molecule has 1 aromatic carbocycles. The van der Waals surface area contributed by atoms with E-state index in [0.29, 0.717) is 24.0 Å². The van der Waals surface area contributed by atoms with E-state index in [1.54, 1.807) is 6.26 Å². The summed E-state index contributed by atoms with van der Waals surface area (Å²) in [5.41, 5.74) is 1.40. The highest BCUT2D eigenvalue weighted by molar-refractivity contribution is 5.44. The number of piperazine rings is 1. The smallest absolute Gasteiger partial charge is 0.241 e. The molecule has 4 rings (SSSR count). The molecule has 1 aliphatic rings. The predicted octanol–water partition coefficient (Wildman–Crippen LogP) is 2.69. The highest BCUT2D eigenvalue weighted by atomic mass is 16.5. The number of aromatic nitrogens is 2. The van der Waals surface area contributed by atoms with Crippen LogP contribution in [0.2, 0.25) is 0 Å². The van der Waals surface area contributed by atoms with Crippen molar-refractivity contribution in [3.63, 3.8) is 0 Å². The first-order valence-corrected chi connectivity index (χ1v) is 8.72. The molecule has 1 saturated heterocycles. The van der Waals surface area contributed by atoms with Gasteiger partial charge in [0.2, 0.25) is 11.7 Å². The molecular weight excluding hydrogens is 316 g/mol. The summed E-state index contributed by atoms with van der Waals surface area (Å²) in [4.78, 5) is 9.29. The second-order valence-corrected chi connectivity index (χ2v) is 6.34. The van der Waals surface area contributed by atoms with E-state index in [-0.39, 0.29) is 0 Å². The summed E-state index contributed by atoms with van der Waals surface area (Å²) in [7, 11) is 0. The fourth-order valence-corrected chi connectivity index (χ4v) is 3.12. The van der Waals surface area contributed by atoms with Gasteiger partial charge in [-0.25, -0.2) is 0 Å². The molecule has 6 nitrogen and oxygen atoms in total. The van der Waals surface area contributed by atoms with Gasteiger partial charge >= 0.3 is 0 Å². The summed E-state index contributed by atoms with van der Waals surface area (Å²) in [5.74, 6) is 1.80. The largest absolute Gasteiger partial charge is 0.461 e. The van der Waals surface area contributed by atoms with Gasteiger partial charge in [0.1, 0.15) is 0 Å². The SMILES string of the molecule is c1ccc(CCN2CCN(Cc3nc(-c4ccco4)no3)CC2)cc1. The number of furan rings is 1. The van der Waals surface area contributed by atoms with Gasteiger partial charge in [0.25, 0.3) is 0 Å². The van der Waals surface area contributed by atoms with Gasteiger partial charge in [0.15, 0.2) is 5.76 Å². The van der Waals surface area contributed by atoms with E-state index in [4.69, 9.17) is 8.94 Å². The van der Waals surface area contributed by atoms with Crippen LogP contribution < -0.4 is 0 Å². The number of hydrogen-bond acceptors (Lipinski definition) is 6. The summed E-state index contributed by atoms with van der Waals surface area (Å²) >= 11 is 0. The Balaban J connectivity index is 1.24. The maximum absolute atomic E-state index is 5.35. The first-order chi connectivity index (χ1) is 12.4. The topological polar surface area (TPSA) is 58.5 Å². The lowest BCUT2D eigenvalue weighted by Crippen LogP contribution is -2.46. The summed E-state index contributed by atoms with van der Waals surface area (Å²) in [6, 6.07) is 14.3. The third-order valence-corrected chi connectivity index (χ3v) is 4.59. The van der Waals surface area contributed by atoms with Gasteiger partial charge in [-0.15, -0.1) is 0 Å². The van der Waals surface area contributed by atoms with Gasteiger partial charge < -0.3 is 13.8 Å². The van der Waals surface area contributed by atoms with E-state index < -0.39 is 0 Å². The monoisotopic (exact) mass is 338 g/mol. The van der Waals surface area contributed by atoms with Crippen LogP contribution in [0.5, 0.6) is 0 Å². The maximum atomic E-state index is 5.35. The normalized spacial score (nSPS) is 16.3. The molecule has 0 unspecified atom stereocenters. The van der Waals surface area contributed by atoms with Crippen LogP contribution in [-0.4, -0.2) is 52.7 Å². The lowest BCUT2D eigenvalue weighted by Gasteiger charge is -2.33. The van der Waals surface area contributed by atoms with Gasteiger partial charge in [-0.2, -0.15) is 4.98 Å². The van der Waals surface area contributed by atoms with Gasteiger partial charge in [-0.05, 0) is 24.1 Å². The molecule has 0 bridgehead atoms.